The SMILES string of the molecule is CCC(N)(CC)C(CC)(CC)C(CC)(CC)CCN. The molecule has 116 valence electrons. The van der Waals surface area contributed by atoms with Gasteiger partial charge in [0.15, 0.2) is 0 Å². The van der Waals surface area contributed by atoms with Crippen molar-refractivity contribution in [2.24, 2.45) is 22.3 Å². The zero-order chi connectivity index (χ0) is 15.2. The summed E-state index contributed by atoms with van der Waals surface area (Å²) in [7, 11) is 0. The number of rotatable bonds is 10. The molecule has 2 heteroatoms. The van der Waals surface area contributed by atoms with Crippen molar-refractivity contribution in [2.45, 2.75) is 92.0 Å². The van der Waals surface area contributed by atoms with Gasteiger partial charge in [-0.2, -0.15) is 0 Å². The van der Waals surface area contributed by atoms with Crippen molar-refractivity contribution in [3.63, 3.8) is 0 Å². The van der Waals surface area contributed by atoms with Gasteiger partial charge in [-0.25, -0.2) is 0 Å². The maximum Gasteiger partial charge on any atom is 0.0211 e. The summed E-state index contributed by atoms with van der Waals surface area (Å²) in [6, 6.07) is 0. The van der Waals surface area contributed by atoms with Gasteiger partial charge in [-0.15, -0.1) is 0 Å². The molecule has 0 rings (SSSR count). The Hall–Kier alpha value is -0.0800. The Morgan fingerprint density at radius 2 is 1.11 bits per heavy atom. The van der Waals surface area contributed by atoms with E-state index in [1.807, 2.05) is 0 Å². The van der Waals surface area contributed by atoms with Crippen molar-refractivity contribution in [2.75, 3.05) is 6.54 Å². The molecule has 0 amide bonds. The fourth-order valence-corrected chi connectivity index (χ4v) is 4.95. The van der Waals surface area contributed by atoms with Crippen LogP contribution in [0.1, 0.15) is 86.5 Å². The quantitative estimate of drug-likeness (QED) is 0.615. The molecule has 2 nitrogen and oxygen atoms in total. The van der Waals surface area contributed by atoms with E-state index in [4.69, 9.17) is 11.5 Å². The Balaban J connectivity index is 5.96. The third-order valence-corrected chi connectivity index (χ3v) is 6.41. The predicted molar refractivity (Wildman–Crippen MR) is 87.2 cm³/mol. The van der Waals surface area contributed by atoms with E-state index in [1.165, 1.54) is 12.8 Å². The van der Waals surface area contributed by atoms with Crippen molar-refractivity contribution in [3.8, 4) is 0 Å². The Morgan fingerprint density at radius 1 is 0.684 bits per heavy atom. The number of nitrogens with two attached hydrogens (primary N) is 2. The van der Waals surface area contributed by atoms with Crippen LogP contribution < -0.4 is 11.5 Å². The van der Waals surface area contributed by atoms with Gasteiger partial charge in [0.05, 0.1) is 0 Å². The van der Waals surface area contributed by atoms with Gasteiger partial charge in [0.2, 0.25) is 0 Å². The van der Waals surface area contributed by atoms with Crippen LogP contribution in [0, 0.1) is 10.8 Å². The van der Waals surface area contributed by atoms with E-state index >= 15 is 0 Å². The van der Waals surface area contributed by atoms with E-state index in [9.17, 15) is 0 Å². The molecule has 0 aliphatic rings. The third-order valence-electron chi connectivity index (χ3n) is 6.41. The highest BCUT2D eigenvalue weighted by atomic mass is 14.8. The van der Waals surface area contributed by atoms with Gasteiger partial charge in [-0.3, -0.25) is 0 Å². The maximum atomic E-state index is 6.92. The van der Waals surface area contributed by atoms with Crippen LogP contribution in [-0.2, 0) is 0 Å². The van der Waals surface area contributed by atoms with Gasteiger partial charge in [0.1, 0.15) is 0 Å². The van der Waals surface area contributed by atoms with Gasteiger partial charge < -0.3 is 11.5 Å². The van der Waals surface area contributed by atoms with E-state index in [1.54, 1.807) is 0 Å². The first-order valence-electron chi connectivity index (χ1n) is 8.41. The molecule has 0 aromatic rings. The highest BCUT2D eigenvalue weighted by molar-refractivity contribution is 5.09. The van der Waals surface area contributed by atoms with Crippen molar-refractivity contribution in [1.29, 1.82) is 0 Å². The second-order valence-electron chi connectivity index (χ2n) is 6.18. The van der Waals surface area contributed by atoms with Gasteiger partial charge in [0, 0.05) is 5.54 Å². The van der Waals surface area contributed by atoms with Crippen molar-refractivity contribution >= 4 is 0 Å². The van der Waals surface area contributed by atoms with E-state index in [-0.39, 0.29) is 16.4 Å². The topological polar surface area (TPSA) is 52.0 Å². The Bertz CT molecular complexity index is 236. The molecule has 0 fully saturated rings. The van der Waals surface area contributed by atoms with Crippen LogP contribution in [0.4, 0.5) is 0 Å². The van der Waals surface area contributed by atoms with Crippen molar-refractivity contribution < 1.29 is 0 Å². The summed E-state index contributed by atoms with van der Waals surface area (Å²) < 4.78 is 0. The highest BCUT2D eigenvalue weighted by Crippen LogP contribution is 2.58. The van der Waals surface area contributed by atoms with Crippen molar-refractivity contribution in [3.05, 3.63) is 0 Å². The molecule has 0 heterocycles. The molecule has 0 radical (unpaired) electrons. The first-order chi connectivity index (χ1) is 8.92. The van der Waals surface area contributed by atoms with Crippen LogP contribution in [0.15, 0.2) is 0 Å². The molecule has 0 saturated carbocycles. The summed E-state index contributed by atoms with van der Waals surface area (Å²) in [5.74, 6) is 0. The lowest BCUT2D eigenvalue weighted by Gasteiger charge is -2.59. The average Bonchev–Trinajstić information content (AvgIpc) is 2.47. The predicted octanol–water partition coefficient (Wildman–Crippen LogP) is 4.47. The molecule has 0 aliphatic carbocycles. The lowest BCUT2D eigenvalue weighted by Crippen LogP contribution is -2.62. The minimum atomic E-state index is -0.0717. The zero-order valence-electron chi connectivity index (χ0n) is 14.3. The Labute approximate surface area is 121 Å². The average molecular weight is 271 g/mol. The van der Waals surface area contributed by atoms with Crippen LogP contribution in [0.25, 0.3) is 0 Å². The minimum absolute atomic E-state index is 0.0717. The molecule has 0 spiro atoms. The van der Waals surface area contributed by atoms with E-state index < -0.39 is 0 Å². The number of hydrogen-bond donors (Lipinski definition) is 2. The summed E-state index contributed by atoms with van der Waals surface area (Å²) >= 11 is 0. The molecule has 0 aromatic heterocycles. The van der Waals surface area contributed by atoms with Crippen LogP contribution >= 0.6 is 0 Å². The van der Waals surface area contributed by atoms with E-state index in [0.717, 1.165) is 38.6 Å². The minimum Gasteiger partial charge on any atom is -0.330 e. The highest BCUT2D eigenvalue weighted by Gasteiger charge is 2.55. The summed E-state index contributed by atoms with van der Waals surface area (Å²) in [4.78, 5) is 0. The molecular weight excluding hydrogens is 232 g/mol. The smallest absolute Gasteiger partial charge is 0.0211 e. The second kappa shape index (κ2) is 7.64. The van der Waals surface area contributed by atoms with Gasteiger partial charge in [-0.05, 0) is 62.3 Å². The third kappa shape index (κ3) is 2.85. The summed E-state index contributed by atoms with van der Waals surface area (Å²) in [5, 5.41) is 0. The fraction of sp³-hybridized carbons (Fsp3) is 1.00. The molecule has 4 N–H and O–H groups in total. The lowest BCUT2D eigenvalue weighted by molar-refractivity contribution is -0.0655. The normalized spacial score (nSPS) is 13.9. The molecule has 19 heavy (non-hydrogen) atoms. The molecule has 0 bridgehead atoms. The van der Waals surface area contributed by atoms with Crippen LogP contribution in [0.2, 0.25) is 0 Å². The van der Waals surface area contributed by atoms with Crippen LogP contribution in [0.5, 0.6) is 0 Å². The van der Waals surface area contributed by atoms with Gasteiger partial charge in [0.25, 0.3) is 0 Å². The summed E-state index contributed by atoms with van der Waals surface area (Å²) in [5.41, 5.74) is 13.3. The Kier molecular flexibility index (Phi) is 7.60. The molecule has 0 aliphatic heterocycles. The lowest BCUT2D eigenvalue weighted by atomic mass is 9.47. The molecule has 0 unspecified atom stereocenters. The van der Waals surface area contributed by atoms with Gasteiger partial charge >= 0.3 is 0 Å². The van der Waals surface area contributed by atoms with E-state index in [0.29, 0.717) is 0 Å². The first-order valence-corrected chi connectivity index (χ1v) is 8.41. The molecule has 0 aromatic carbocycles. The monoisotopic (exact) mass is 270 g/mol. The standard InChI is InChI=1S/C17H38N2/c1-7-15(8-2,13-14-18)16(9-3,10-4)17(19,11-5)12-6/h7-14,18-19H2,1-6H3. The van der Waals surface area contributed by atoms with Crippen LogP contribution in [0.3, 0.4) is 0 Å². The maximum absolute atomic E-state index is 6.92. The number of hydrogen-bond acceptors (Lipinski definition) is 2. The molecular formula is C17H38N2. The second-order valence-corrected chi connectivity index (χ2v) is 6.18. The largest absolute Gasteiger partial charge is 0.330 e. The zero-order valence-corrected chi connectivity index (χ0v) is 14.3. The summed E-state index contributed by atoms with van der Waals surface area (Å²) in [6.07, 6.45) is 7.88. The van der Waals surface area contributed by atoms with Crippen molar-refractivity contribution in [1.82, 2.24) is 0 Å². The summed E-state index contributed by atoms with van der Waals surface area (Å²) in [6.45, 7) is 14.6. The Morgan fingerprint density at radius 3 is 1.32 bits per heavy atom. The van der Waals surface area contributed by atoms with Gasteiger partial charge in [-0.1, -0.05) is 41.5 Å². The molecule has 0 atom stereocenters. The fourth-order valence-electron chi connectivity index (χ4n) is 4.95. The first kappa shape index (κ1) is 18.9. The molecule has 0 saturated heterocycles. The van der Waals surface area contributed by atoms with Crippen LogP contribution in [-0.4, -0.2) is 12.1 Å². The van der Waals surface area contributed by atoms with E-state index in [2.05, 4.69) is 41.5 Å².